The van der Waals surface area contributed by atoms with Crippen LogP contribution < -0.4 is 5.73 Å². The lowest BCUT2D eigenvalue weighted by atomic mass is 10.1. The van der Waals surface area contributed by atoms with E-state index in [0.29, 0.717) is 17.9 Å². The maximum absolute atomic E-state index is 12.1. The van der Waals surface area contributed by atoms with Gasteiger partial charge in [-0.25, -0.2) is 4.79 Å². The summed E-state index contributed by atoms with van der Waals surface area (Å²) in [5.74, 6) is 0.324. The number of hydrogen-bond donors (Lipinski definition) is 1. The van der Waals surface area contributed by atoms with Gasteiger partial charge in [-0.15, -0.1) is 0 Å². The SMILES string of the molecule is CC(C)(C)OC(=O)c1ccc2c3c(Br)c(N)n2c13.CC(C)(C)OC=O. The Morgan fingerprint density at radius 3 is 2.12 bits per heavy atom. The van der Waals surface area contributed by atoms with E-state index in [2.05, 4.69) is 20.7 Å². The second-order valence-corrected chi connectivity index (χ2v) is 8.51. The van der Waals surface area contributed by atoms with Gasteiger partial charge in [0.05, 0.1) is 21.1 Å². The van der Waals surface area contributed by atoms with Crippen molar-refractivity contribution in [1.82, 2.24) is 4.40 Å². The van der Waals surface area contributed by atoms with Gasteiger partial charge in [-0.05, 0) is 69.6 Å². The first-order valence-corrected chi connectivity index (χ1v) is 8.64. The number of carbonyl (C=O) groups is 2. The molecule has 0 saturated carbocycles. The second-order valence-electron chi connectivity index (χ2n) is 7.72. The van der Waals surface area contributed by atoms with Gasteiger partial charge in [-0.3, -0.25) is 9.20 Å². The van der Waals surface area contributed by atoms with Crippen LogP contribution in [0.15, 0.2) is 16.6 Å². The summed E-state index contributed by atoms with van der Waals surface area (Å²) in [7, 11) is 0. The number of aromatic nitrogens is 1. The fraction of sp³-hybridized carbons (Fsp3) is 0.444. The molecule has 0 fully saturated rings. The molecule has 0 atom stereocenters. The van der Waals surface area contributed by atoms with Crippen molar-refractivity contribution >= 4 is 50.6 Å². The third kappa shape index (κ3) is 3.81. The lowest BCUT2D eigenvalue weighted by molar-refractivity contribution is -0.138. The Morgan fingerprint density at radius 1 is 1.16 bits per heavy atom. The van der Waals surface area contributed by atoms with Crippen LogP contribution in [0, 0.1) is 0 Å². The Bertz CT molecular complexity index is 851. The van der Waals surface area contributed by atoms with Gasteiger partial charge in [0, 0.05) is 5.39 Å². The molecule has 0 unspecified atom stereocenters. The van der Waals surface area contributed by atoms with E-state index >= 15 is 0 Å². The Labute approximate surface area is 155 Å². The van der Waals surface area contributed by atoms with E-state index in [-0.39, 0.29) is 11.6 Å². The van der Waals surface area contributed by atoms with Crippen molar-refractivity contribution in [3.63, 3.8) is 0 Å². The highest BCUT2D eigenvalue weighted by molar-refractivity contribution is 9.10. The molecule has 2 N–H and O–H groups in total. The smallest absolute Gasteiger partial charge is 0.340 e. The lowest BCUT2D eigenvalue weighted by Crippen LogP contribution is -2.24. The summed E-state index contributed by atoms with van der Waals surface area (Å²) in [6.07, 6.45) is 0. The maximum atomic E-state index is 12.1. The summed E-state index contributed by atoms with van der Waals surface area (Å²) in [6.45, 7) is 11.5. The Balaban J connectivity index is 0.000000277. The van der Waals surface area contributed by atoms with Crippen molar-refractivity contribution in [3.8, 4) is 0 Å². The molecule has 4 aromatic heterocycles. The highest BCUT2D eigenvalue weighted by Crippen LogP contribution is 2.44. The molecular formula is C18H23BrN2O4. The molecule has 0 spiro atoms. The van der Waals surface area contributed by atoms with E-state index < -0.39 is 5.60 Å². The minimum atomic E-state index is -0.499. The van der Waals surface area contributed by atoms with Gasteiger partial charge in [-0.1, -0.05) is 0 Å². The number of benzene rings is 1. The van der Waals surface area contributed by atoms with Crippen LogP contribution in [-0.4, -0.2) is 28.0 Å². The third-order valence-electron chi connectivity index (χ3n) is 3.33. The average molecular weight is 411 g/mol. The Morgan fingerprint density at radius 2 is 1.76 bits per heavy atom. The predicted molar refractivity (Wildman–Crippen MR) is 101 cm³/mol. The maximum Gasteiger partial charge on any atom is 0.340 e. The van der Waals surface area contributed by atoms with Crippen LogP contribution in [0.25, 0.3) is 16.4 Å². The monoisotopic (exact) mass is 410 g/mol. The molecule has 5 aromatic rings. The van der Waals surface area contributed by atoms with E-state index in [0.717, 1.165) is 20.9 Å². The van der Waals surface area contributed by atoms with Gasteiger partial charge >= 0.3 is 5.97 Å². The van der Waals surface area contributed by atoms with E-state index in [1.807, 2.05) is 52.0 Å². The quantitative estimate of drug-likeness (QED) is 0.504. The fourth-order valence-electron chi connectivity index (χ4n) is 2.40. The number of nitrogen functional groups attached to an aromatic ring is 1. The topological polar surface area (TPSA) is 83.0 Å². The molecule has 0 aliphatic rings. The first-order valence-electron chi connectivity index (χ1n) is 7.85. The van der Waals surface area contributed by atoms with Crippen LogP contribution >= 0.6 is 15.9 Å². The third-order valence-corrected chi connectivity index (χ3v) is 4.13. The minimum absolute atomic E-state index is 0.315. The number of fused-ring (bicyclic) bond motifs is 3. The molecule has 1 aromatic carbocycles. The van der Waals surface area contributed by atoms with Crippen LogP contribution in [0.3, 0.4) is 0 Å². The lowest BCUT2D eigenvalue weighted by Gasteiger charge is -2.21. The molecule has 25 heavy (non-hydrogen) atoms. The molecule has 6 nitrogen and oxygen atoms in total. The van der Waals surface area contributed by atoms with Crippen LogP contribution in [0.1, 0.15) is 51.9 Å². The van der Waals surface area contributed by atoms with E-state index in [1.54, 1.807) is 6.07 Å². The van der Waals surface area contributed by atoms with Crippen molar-refractivity contribution in [2.75, 3.05) is 5.73 Å². The minimum Gasteiger partial charge on any atom is -0.462 e. The van der Waals surface area contributed by atoms with E-state index in [1.165, 1.54) is 0 Å². The summed E-state index contributed by atoms with van der Waals surface area (Å²) < 4.78 is 12.7. The molecular weight excluding hydrogens is 388 g/mol. The van der Waals surface area contributed by atoms with Crippen LogP contribution in [0.5, 0.6) is 0 Å². The largest absolute Gasteiger partial charge is 0.462 e. The number of rotatable bonds is 2. The normalized spacial score (nSPS) is 12.3. The van der Waals surface area contributed by atoms with Gasteiger partial charge in [0.1, 0.15) is 17.0 Å². The predicted octanol–water partition coefficient (Wildman–Crippen LogP) is 4.23. The zero-order chi connectivity index (χ0) is 19.2. The highest BCUT2D eigenvalue weighted by Gasteiger charge is 2.29. The van der Waals surface area contributed by atoms with E-state index in [4.69, 9.17) is 10.5 Å². The number of nitrogens with zero attached hydrogens (tertiary/aromatic N) is 1. The molecule has 5 rings (SSSR count). The molecule has 4 bridgehead atoms. The standard InChI is InChI=1S/C13H13BrN2O2.C5H10O2/c1-13(2,3)18-12(17)6-4-5-7-8-9(14)11(15)16(7)10(6)8;1-5(2,3)7-4-6/h4-5H,15H2,1-3H3;4H,1-3H3. The Kier molecular flexibility index (Phi) is 4.92. The number of ether oxygens (including phenoxy) is 2. The van der Waals surface area contributed by atoms with Crippen molar-refractivity contribution in [2.24, 2.45) is 0 Å². The first-order chi connectivity index (χ1) is 11.4. The first kappa shape index (κ1) is 19.3. The van der Waals surface area contributed by atoms with Crippen LogP contribution in [0.2, 0.25) is 0 Å². The van der Waals surface area contributed by atoms with Crippen molar-refractivity contribution in [2.45, 2.75) is 52.7 Å². The second kappa shape index (κ2) is 6.37. The van der Waals surface area contributed by atoms with Crippen molar-refractivity contribution in [1.29, 1.82) is 0 Å². The number of carbonyl (C=O) groups excluding carboxylic acids is 2. The molecule has 7 heteroatoms. The van der Waals surface area contributed by atoms with Gasteiger partial charge in [0.25, 0.3) is 6.47 Å². The zero-order valence-corrected chi connectivity index (χ0v) is 16.9. The van der Waals surface area contributed by atoms with E-state index in [9.17, 15) is 9.59 Å². The van der Waals surface area contributed by atoms with Crippen molar-refractivity contribution < 1.29 is 19.1 Å². The molecule has 0 aliphatic carbocycles. The number of halogens is 1. The van der Waals surface area contributed by atoms with Gasteiger partial charge in [0.15, 0.2) is 0 Å². The molecule has 0 saturated heterocycles. The van der Waals surface area contributed by atoms with Crippen molar-refractivity contribution in [3.05, 3.63) is 22.2 Å². The summed E-state index contributed by atoms with van der Waals surface area (Å²) >= 11 is 3.44. The highest BCUT2D eigenvalue weighted by atomic mass is 79.9. The van der Waals surface area contributed by atoms with Crippen LogP contribution in [-0.2, 0) is 14.3 Å². The molecule has 0 aliphatic heterocycles. The van der Waals surface area contributed by atoms with Gasteiger partial charge in [0.2, 0.25) is 0 Å². The molecule has 136 valence electrons. The van der Waals surface area contributed by atoms with Gasteiger partial charge < -0.3 is 15.2 Å². The summed E-state index contributed by atoms with van der Waals surface area (Å²) in [6, 6.07) is 3.68. The summed E-state index contributed by atoms with van der Waals surface area (Å²) in [5, 5.41) is 1.01. The number of esters is 1. The number of pyridine rings is 1. The number of nitrogens with two attached hydrogens (primary N) is 1. The van der Waals surface area contributed by atoms with Gasteiger partial charge in [-0.2, -0.15) is 0 Å². The fourth-order valence-corrected chi connectivity index (χ4v) is 2.97. The molecule has 0 amide bonds. The number of anilines is 1. The Hall–Kier alpha value is -2.02. The molecule has 4 heterocycles. The average Bonchev–Trinajstić information content (AvgIpc) is 2.84. The molecule has 0 radical (unpaired) electrons. The number of hydrogen-bond acceptors (Lipinski definition) is 5. The summed E-state index contributed by atoms with van der Waals surface area (Å²) in [5.41, 5.74) is 7.58. The zero-order valence-electron chi connectivity index (χ0n) is 15.3. The summed E-state index contributed by atoms with van der Waals surface area (Å²) in [4.78, 5) is 21.7. The van der Waals surface area contributed by atoms with Crippen LogP contribution in [0.4, 0.5) is 5.82 Å².